The number of amides is 1. The Morgan fingerprint density at radius 1 is 0.515 bits per heavy atom. The van der Waals surface area contributed by atoms with Crippen molar-refractivity contribution in [1.29, 1.82) is 0 Å². The van der Waals surface area contributed by atoms with Gasteiger partial charge in [-0.15, -0.1) is 0 Å². The molecule has 0 aromatic heterocycles. The number of rotatable bonds is 54. The quantitative estimate of drug-likeness (QED) is 0.0272. The highest BCUT2D eigenvalue weighted by Crippen LogP contribution is 2.38. The molecule has 394 valence electrons. The Labute approximate surface area is 412 Å². The van der Waals surface area contributed by atoms with Gasteiger partial charge in [-0.05, 0) is 19.3 Å². The summed E-state index contributed by atoms with van der Waals surface area (Å²) in [5.41, 5.74) is 0. The van der Waals surface area contributed by atoms with E-state index in [4.69, 9.17) is 9.05 Å². The van der Waals surface area contributed by atoms with Gasteiger partial charge in [0.05, 0.1) is 39.9 Å². The average molecular weight is 956 g/mol. The average Bonchev–Trinajstić information content (AvgIpc) is 3.28. The number of nitrogens with zero attached hydrogens (tertiary/aromatic N) is 1. The van der Waals surface area contributed by atoms with Gasteiger partial charge >= 0.3 is 0 Å². The van der Waals surface area contributed by atoms with Crippen molar-refractivity contribution >= 4 is 13.7 Å². The largest absolute Gasteiger partial charge is 0.756 e. The van der Waals surface area contributed by atoms with Gasteiger partial charge in [0.2, 0.25) is 5.91 Å². The van der Waals surface area contributed by atoms with Crippen LogP contribution in [0, 0.1) is 0 Å². The first-order valence-corrected chi connectivity index (χ1v) is 30.5. The van der Waals surface area contributed by atoms with E-state index in [0.717, 1.165) is 38.5 Å². The molecule has 0 spiro atoms. The highest BCUT2D eigenvalue weighted by molar-refractivity contribution is 7.45. The van der Waals surface area contributed by atoms with Gasteiger partial charge in [0.25, 0.3) is 7.82 Å². The minimum Gasteiger partial charge on any atom is -0.756 e. The molecule has 0 saturated carbocycles. The summed E-state index contributed by atoms with van der Waals surface area (Å²) in [5, 5.41) is 13.8. The van der Waals surface area contributed by atoms with Gasteiger partial charge in [0.15, 0.2) is 0 Å². The highest BCUT2D eigenvalue weighted by Gasteiger charge is 2.23. The third-order valence-corrected chi connectivity index (χ3v) is 14.5. The first-order chi connectivity index (χ1) is 32.0. The SMILES string of the molecule is CCCCCCCCCCCC/C=C/[C@@H](O)[C@H](COP(=O)([O-])OCC[N+](C)(C)C)NC(=O)CCCCCCCCCCCCCCCCCCCCCCCCCCCCCCCCCC. The number of nitrogens with one attached hydrogen (secondary N) is 1. The van der Waals surface area contributed by atoms with Crippen LogP contribution in [0.25, 0.3) is 0 Å². The summed E-state index contributed by atoms with van der Waals surface area (Å²) in [7, 11) is 1.28. The van der Waals surface area contributed by atoms with E-state index in [9.17, 15) is 19.4 Å². The zero-order chi connectivity index (χ0) is 48.5. The fourth-order valence-electron chi connectivity index (χ4n) is 8.92. The molecule has 1 unspecified atom stereocenters. The fourth-order valence-corrected chi connectivity index (χ4v) is 9.64. The van der Waals surface area contributed by atoms with Crippen molar-refractivity contribution < 1.29 is 32.9 Å². The van der Waals surface area contributed by atoms with Crippen LogP contribution >= 0.6 is 7.82 Å². The molecule has 9 heteroatoms. The predicted octanol–water partition coefficient (Wildman–Crippen LogP) is 16.8. The van der Waals surface area contributed by atoms with E-state index in [1.165, 1.54) is 238 Å². The molecule has 0 bridgehead atoms. The van der Waals surface area contributed by atoms with Gasteiger partial charge in [0, 0.05) is 6.42 Å². The summed E-state index contributed by atoms with van der Waals surface area (Å²) < 4.78 is 23.3. The Hall–Kier alpha value is -0.760. The highest BCUT2D eigenvalue weighted by atomic mass is 31.2. The maximum atomic E-state index is 12.9. The van der Waals surface area contributed by atoms with Crippen LogP contribution in [0.15, 0.2) is 12.2 Å². The third kappa shape index (κ3) is 51.1. The molecule has 1 amide bonds. The van der Waals surface area contributed by atoms with Gasteiger partial charge in [-0.3, -0.25) is 9.36 Å². The van der Waals surface area contributed by atoms with E-state index in [0.29, 0.717) is 17.4 Å². The minimum atomic E-state index is -4.59. The van der Waals surface area contributed by atoms with Gasteiger partial charge in [-0.1, -0.05) is 283 Å². The molecule has 3 atom stereocenters. The van der Waals surface area contributed by atoms with E-state index in [1.807, 2.05) is 27.2 Å². The van der Waals surface area contributed by atoms with Crippen LogP contribution in [0.2, 0.25) is 0 Å². The molecule has 8 nitrogen and oxygen atoms in total. The predicted molar refractivity (Wildman–Crippen MR) is 284 cm³/mol. The molecule has 0 aromatic rings. The molecule has 0 aliphatic rings. The molecule has 0 radical (unpaired) electrons. The summed E-state index contributed by atoms with van der Waals surface area (Å²) in [6, 6.07) is -0.881. The lowest BCUT2D eigenvalue weighted by Crippen LogP contribution is -2.45. The third-order valence-electron chi connectivity index (χ3n) is 13.5. The van der Waals surface area contributed by atoms with Crippen molar-refractivity contribution in [3.63, 3.8) is 0 Å². The molecule has 0 aliphatic heterocycles. The molecule has 0 rings (SSSR count). The first kappa shape index (κ1) is 65.2. The summed E-state index contributed by atoms with van der Waals surface area (Å²) in [5.74, 6) is -0.192. The minimum absolute atomic E-state index is 0.00231. The first-order valence-electron chi connectivity index (χ1n) is 29.1. The van der Waals surface area contributed by atoms with E-state index < -0.39 is 20.0 Å². The molecular formula is C57H115N2O6P. The molecular weight excluding hydrogens is 840 g/mol. The number of carbonyl (C=O) groups is 1. The number of aliphatic hydroxyl groups excluding tert-OH is 1. The summed E-state index contributed by atoms with van der Waals surface area (Å²) in [6.07, 6.45) is 60.2. The van der Waals surface area contributed by atoms with Gasteiger partial charge in [0.1, 0.15) is 13.2 Å². The van der Waals surface area contributed by atoms with Gasteiger partial charge in [-0.2, -0.15) is 0 Å². The Kier molecular flexibility index (Phi) is 48.7. The van der Waals surface area contributed by atoms with Crippen LogP contribution in [0.4, 0.5) is 0 Å². The molecule has 66 heavy (non-hydrogen) atoms. The van der Waals surface area contributed by atoms with Gasteiger partial charge in [-0.25, -0.2) is 0 Å². The standard InChI is InChI=1S/C57H115N2O6P/c1-6-8-10-12-14-16-18-20-21-22-23-24-25-26-27-28-29-30-31-32-33-34-35-36-37-38-39-41-43-45-47-49-51-57(61)58-55(54-65-66(62,63)64-53-52-59(3,4)5)56(60)50-48-46-44-42-40-19-17-15-13-11-9-7-2/h48,50,55-56,60H,6-47,49,51-54H2,1-5H3,(H-,58,61,62,63)/b50-48+/t55-,56+/m0/s1. The van der Waals surface area contributed by atoms with Crippen LogP contribution < -0.4 is 10.2 Å². The molecule has 0 aromatic carbocycles. The summed E-state index contributed by atoms with van der Waals surface area (Å²) in [4.78, 5) is 25.4. The second-order valence-electron chi connectivity index (χ2n) is 21.4. The number of hydrogen-bond donors (Lipinski definition) is 2. The Bertz CT molecular complexity index is 1080. The van der Waals surface area contributed by atoms with Crippen molar-refractivity contribution in [3.05, 3.63) is 12.2 Å². The second kappa shape index (κ2) is 49.2. The van der Waals surface area contributed by atoms with Crippen molar-refractivity contribution in [2.24, 2.45) is 0 Å². The Morgan fingerprint density at radius 2 is 0.818 bits per heavy atom. The fraction of sp³-hybridized carbons (Fsp3) is 0.947. The molecule has 0 aliphatic carbocycles. The zero-order valence-electron chi connectivity index (χ0n) is 44.9. The van der Waals surface area contributed by atoms with E-state index >= 15 is 0 Å². The van der Waals surface area contributed by atoms with E-state index in [1.54, 1.807) is 6.08 Å². The molecule has 2 N–H and O–H groups in total. The smallest absolute Gasteiger partial charge is 0.268 e. The Balaban J connectivity index is 3.95. The number of phosphoric ester groups is 1. The summed E-state index contributed by atoms with van der Waals surface area (Å²) >= 11 is 0. The van der Waals surface area contributed by atoms with Crippen LogP contribution in [-0.4, -0.2) is 68.5 Å². The van der Waals surface area contributed by atoms with Crippen molar-refractivity contribution in [3.8, 4) is 0 Å². The lowest BCUT2D eigenvalue weighted by atomic mass is 10.0. The van der Waals surface area contributed by atoms with Crippen LogP contribution in [0.5, 0.6) is 0 Å². The number of quaternary nitrogens is 1. The molecule has 0 heterocycles. The molecule has 0 fully saturated rings. The maximum absolute atomic E-state index is 12.9. The number of phosphoric acid groups is 1. The lowest BCUT2D eigenvalue weighted by molar-refractivity contribution is -0.870. The van der Waals surface area contributed by atoms with Crippen molar-refractivity contribution in [1.82, 2.24) is 5.32 Å². The zero-order valence-corrected chi connectivity index (χ0v) is 45.8. The van der Waals surface area contributed by atoms with Gasteiger partial charge < -0.3 is 28.8 Å². The number of allylic oxidation sites excluding steroid dienone is 1. The van der Waals surface area contributed by atoms with Crippen molar-refractivity contribution in [2.75, 3.05) is 40.9 Å². The Morgan fingerprint density at radius 3 is 1.14 bits per heavy atom. The van der Waals surface area contributed by atoms with Crippen LogP contribution in [-0.2, 0) is 18.4 Å². The normalized spacial score (nSPS) is 14.0. The molecule has 0 saturated heterocycles. The number of unbranched alkanes of at least 4 members (excludes halogenated alkanes) is 41. The van der Waals surface area contributed by atoms with Crippen LogP contribution in [0.1, 0.15) is 296 Å². The number of hydrogen-bond acceptors (Lipinski definition) is 6. The van der Waals surface area contributed by atoms with Crippen molar-refractivity contribution in [2.45, 2.75) is 309 Å². The monoisotopic (exact) mass is 955 g/mol. The maximum Gasteiger partial charge on any atom is 0.268 e. The van der Waals surface area contributed by atoms with E-state index in [2.05, 4.69) is 19.2 Å². The number of likely N-dealkylation sites (N-methyl/N-ethyl adjacent to an activating group) is 1. The number of aliphatic hydroxyl groups is 1. The summed E-state index contributed by atoms with van der Waals surface area (Å²) in [6.45, 7) is 4.68. The topological polar surface area (TPSA) is 108 Å². The second-order valence-corrected chi connectivity index (χ2v) is 22.8. The number of carbonyl (C=O) groups excluding carboxylic acids is 1. The lowest BCUT2D eigenvalue weighted by Gasteiger charge is -2.29. The van der Waals surface area contributed by atoms with Crippen LogP contribution in [0.3, 0.4) is 0 Å². The van der Waals surface area contributed by atoms with E-state index in [-0.39, 0.29) is 19.1 Å².